The van der Waals surface area contributed by atoms with E-state index in [0.29, 0.717) is 31.1 Å². The van der Waals surface area contributed by atoms with Gasteiger partial charge in [0, 0.05) is 11.9 Å². The van der Waals surface area contributed by atoms with Gasteiger partial charge in [0.2, 0.25) is 0 Å². The molecule has 234 valence electrons. The minimum Gasteiger partial charge on any atom is -0.550 e. The second-order valence-electron chi connectivity index (χ2n) is 13.3. The van der Waals surface area contributed by atoms with Crippen molar-refractivity contribution in [1.82, 2.24) is 0 Å². The van der Waals surface area contributed by atoms with Gasteiger partial charge in [0.05, 0.1) is 18.2 Å². The molecule has 5 rings (SSSR count). The van der Waals surface area contributed by atoms with Crippen molar-refractivity contribution in [3.8, 4) is 0 Å². The molecule has 1 aliphatic heterocycles. The first kappa shape index (κ1) is 36.4. The Morgan fingerprint density at radius 1 is 0.929 bits per heavy atom. The molecule has 13 heteroatoms. The fraction of sp³-hybridized carbons (Fsp3) is 0.897. The Bertz CT molecular complexity index is 992. The van der Waals surface area contributed by atoms with Crippen LogP contribution in [0.5, 0.6) is 0 Å². The van der Waals surface area contributed by atoms with Gasteiger partial charge in [0.25, 0.3) is 0 Å². The summed E-state index contributed by atoms with van der Waals surface area (Å²) in [6.07, 6.45) is -3.00. The number of aliphatic carboxylic acids is 2. The molecule has 1 heterocycles. The van der Waals surface area contributed by atoms with E-state index < -0.39 is 55.4 Å². The molecule has 42 heavy (non-hydrogen) atoms. The maximum absolute atomic E-state index is 12.5. The minimum atomic E-state index is -1.81. The predicted octanol–water partition coefficient (Wildman–Crippen LogP) is -2.50. The maximum atomic E-state index is 12.5. The summed E-state index contributed by atoms with van der Waals surface area (Å²) >= 11 is 0. The van der Waals surface area contributed by atoms with Crippen LogP contribution in [0.15, 0.2) is 0 Å². The average molecular weight is 722 g/mol. The number of carbonyl (C=O) groups excluding carboxylic acids is 3. The van der Waals surface area contributed by atoms with Gasteiger partial charge in [-0.05, 0) is 92.8 Å². The Morgan fingerprint density at radius 3 is 2.17 bits per heavy atom. The van der Waals surface area contributed by atoms with Crippen LogP contribution in [0.2, 0.25) is 0 Å². The van der Waals surface area contributed by atoms with Crippen LogP contribution in [0.3, 0.4) is 0 Å². The van der Waals surface area contributed by atoms with E-state index in [9.17, 15) is 40.2 Å². The molecule has 4 saturated carbocycles. The third-order valence-electron chi connectivity index (χ3n) is 11.2. The number of ether oxygens (including phenoxy) is 2. The molecular formula is C29H44BaO12. The van der Waals surface area contributed by atoms with E-state index in [1.807, 2.05) is 0 Å². The van der Waals surface area contributed by atoms with Gasteiger partial charge in [-0.1, -0.05) is 13.8 Å². The van der Waals surface area contributed by atoms with Crippen LogP contribution in [0.1, 0.15) is 72.1 Å². The van der Waals surface area contributed by atoms with Crippen LogP contribution in [0.4, 0.5) is 0 Å². The van der Waals surface area contributed by atoms with E-state index >= 15 is 0 Å². The number of hydrogen-bond acceptors (Lipinski definition) is 12. The summed E-state index contributed by atoms with van der Waals surface area (Å²) in [4.78, 5) is 32.7. The Labute approximate surface area is 286 Å². The maximum Gasteiger partial charge on any atom is 2.00 e. The number of fused-ring (bicyclic) bond motifs is 5. The zero-order chi connectivity index (χ0) is 30.4. The second kappa shape index (κ2) is 14.1. The van der Waals surface area contributed by atoms with Gasteiger partial charge in [-0.2, -0.15) is 0 Å². The molecule has 0 amide bonds. The van der Waals surface area contributed by atoms with Crippen LogP contribution < -0.4 is 10.2 Å². The number of aliphatic hydroxyl groups excluding tert-OH is 5. The van der Waals surface area contributed by atoms with Crippen molar-refractivity contribution >= 4 is 66.6 Å². The number of ketones is 1. The topological polar surface area (TPSA) is 217 Å². The molecule has 14 unspecified atom stereocenters. The van der Waals surface area contributed by atoms with Crippen molar-refractivity contribution in [3.63, 3.8) is 0 Å². The normalized spacial score (nSPS) is 47.8. The van der Waals surface area contributed by atoms with Crippen LogP contribution in [-0.2, 0) is 23.9 Å². The summed E-state index contributed by atoms with van der Waals surface area (Å²) < 4.78 is 11.3. The smallest absolute Gasteiger partial charge is 0.550 e. The van der Waals surface area contributed by atoms with E-state index in [2.05, 4.69) is 13.8 Å². The summed E-state index contributed by atoms with van der Waals surface area (Å²) in [6, 6.07) is 0. The molecule has 0 radical (unpaired) electrons. The van der Waals surface area contributed by atoms with Crippen molar-refractivity contribution < 1.29 is 59.6 Å². The molecule has 5 fully saturated rings. The number of carboxylic acids is 2. The third kappa shape index (κ3) is 6.70. The summed E-state index contributed by atoms with van der Waals surface area (Å²) in [7, 11) is 0. The number of rotatable bonds is 5. The minimum absolute atomic E-state index is 0. The molecular weight excluding hydrogens is 678 g/mol. The van der Waals surface area contributed by atoms with Crippen LogP contribution in [-0.4, -0.2) is 142 Å². The first-order valence-electron chi connectivity index (χ1n) is 14.7. The van der Waals surface area contributed by atoms with Crippen LogP contribution in [0, 0.1) is 40.4 Å². The SMILES string of the molecule is CC(=O)[O-].CC12CC(O)C3C(CCC4CC(OC5OC(C(=O)[O-])C(O)C(O)C5O)CCC43C)C1CCC2C(=O)CO.[Ba+2]. The van der Waals surface area contributed by atoms with E-state index in [-0.39, 0.29) is 89.4 Å². The summed E-state index contributed by atoms with van der Waals surface area (Å²) in [6.45, 7) is 4.90. The summed E-state index contributed by atoms with van der Waals surface area (Å²) in [5, 5.41) is 71.6. The number of Topliss-reactive ketones (excluding diaryl/α,β-unsaturated/α-hetero) is 1. The van der Waals surface area contributed by atoms with Gasteiger partial charge >= 0.3 is 48.9 Å². The molecule has 1 saturated heterocycles. The summed E-state index contributed by atoms with van der Waals surface area (Å²) in [5.74, 6) is -2.08. The number of carboxylic acid groups (broad SMARTS) is 2. The molecule has 12 nitrogen and oxygen atoms in total. The van der Waals surface area contributed by atoms with Crippen LogP contribution in [0.25, 0.3) is 0 Å². The van der Waals surface area contributed by atoms with E-state index in [1.54, 1.807) is 0 Å². The van der Waals surface area contributed by atoms with Gasteiger partial charge < -0.3 is 54.8 Å². The molecule has 0 aromatic carbocycles. The van der Waals surface area contributed by atoms with Crippen molar-refractivity contribution in [2.45, 2.75) is 115 Å². The molecule has 4 aliphatic carbocycles. The number of hydrogen-bond donors (Lipinski definition) is 5. The van der Waals surface area contributed by atoms with Crippen molar-refractivity contribution in [2.75, 3.05) is 6.61 Å². The molecule has 5 aliphatic rings. The van der Waals surface area contributed by atoms with Crippen molar-refractivity contribution in [1.29, 1.82) is 0 Å². The van der Waals surface area contributed by atoms with Gasteiger partial charge in [0.1, 0.15) is 31.0 Å². The third-order valence-corrected chi connectivity index (χ3v) is 11.2. The Kier molecular flexibility index (Phi) is 12.2. The Hall–Kier alpha value is -0.0986. The van der Waals surface area contributed by atoms with Gasteiger partial charge in [-0.25, -0.2) is 0 Å². The first-order valence-corrected chi connectivity index (χ1v) is 14.7. The molecule has 0 aromatic heterocycles. The fourth-order valence-electron chi connectivity index (χ4n) is 9.45. The van der Waals surface area contributed by atoms with Crippen LogP contribution >= 0.6 is 0 Å². The average Bonchev–Trinajstić information content (AvgIpc) is 3.24. The first-order chi connectivity index (χ1) is 19.1. The van der Waals surface area contributed by atoms with Gasteiger partial charge in [0.15, 0.2) is 12.1 Å². The quantitative estimate of drug-likeness (QED) is 0.147. The van der Waals surface area contributed by atoms with E-state index in [0.717, 1.165) is 39.0 Å². The monoisotopic (exact) mass is 722 g/mol. The molecule has 0 spiro atoms. The van der Waals surface area contributed by atoms with Crippen molar-refractivity contribution in [2.24, 2.45) is 40.4 Å². The number of carbonyl (C=O) groups is 3. The molecule has 0 aromatic rings. The predicted molar refractivity (Wildman–Crippen MR) is 142 cm³/mol. The summed E-state index contributed by atoms with van der Waals surface area (Å²) in [5.41, 5.74) is -0.419. The standard InChI is InChI=1S/C27H42O10.C2H4O2.Ba/c1-26-8-7-13(36-25-22(33)20(31)21(32)23(37-25)24(34)35)9-12(26)3-4-14-15-5-6-16(18(30)11-28)27(15,2)10-17(29)19(14)26;1-2(3)4;/h12-17,19-23,25,28-29,31-33H,3-11H2,1-2H3,(H,34,35);1H3,(H,3,4);/q;;+2/p-2. The van der Waals surface area contributed by atoms with Gasteiger partial charge in [-0.3, -0.25) is 4.79 Å². The van der Waals surface area contributed by atoms with E-state index in [1.165, 1.54) is 0 Å². The Morgan fingerprint density at radius 2 is 1.57 bits per heavy atom. The largest absolute Gasteiger partial charge is 2.00 e. The zero-order valence-corrected chi connectivity index (χ0v) is 29.0. The molecule has 14 atom stereocenters. The van der Waals surface area contributed by atoms with Crippen molar-refractivity contribution in [3.05, 3.63) is 0 Å². The van der Waals surface area contributed by atoms with E-state index in [4.69, 9.17) is 19.4 Å². The Balaban J connectivity index is 0.000000911. The zero-order valence-electron chi connectivity index (χ0n) is 24.6. The number of aliphatic hydroxyl groups is 5. The second-order valence-corrected chi connectivity index (χ2v) is 13.3. The fourth-order valence-corrected chi connectivity index (χ4v) is 9.45. The van der Waals surface area contributed by atoms with Gasteiger partial charge in [-0.15, -0.1) is 0 Å². The molecule has 0 bridgehead atoms. The molecule has 5 N–H and O–H groups in total.